The third-order valence-electron chi connectivity index (χ3n) is 4.69. The molecule has 1 aromatic carbocycles. The molecule has 2 aliphatic rings. The van der Waals surface area contributed by atoms with E-state index in [1.54, 1.807) is 0 Å². The first-order valence-electron chi connectivity index (χ1n) is 7.90. The summed E-state index contributed by atoms with van der Waals surface area (Å²) in [6.07, 6.45) is 1.15. The summed E-state index contributed by atoms with van der Waals surface area (Å²) in [7, 11) is 0. The molecule has 0 amide bonds. The third kappa shape index (κ3) is 3.48. The van der Waals surface area contributed by atoms with Crippen LogP contribution >= 0.6 is 0 Å². The number of anilines is 2. The van der Waals surface area contributed by atoms with E-state index in [0.717, 1.165) is 75.8 Å². The predicted octanol–water partition coefficient (Wildman–Crippen LogP) is 0.972. The largest absolute Gasteiger partial charge is 0.398 e. The van der Waals surface area contributed by atoms with E-state index < -0.39 is 0 Å². The van der Waals surface area contributed by atoms with Gasteiger partial charge in [-0.1, -0.05) is 6.07 Å². The van der Waals surface area contributed by atoms with Crippen molar-refractivity contribution in [2.75, 3.05) is 63.9 Å². The second-order valence-corrected chi connectivity index (χ2v) is 6.09. The summed E-state index contributed by atoms with van der Waals surface area (Å²) < 4.78 is 5.39. The van der Waals surface area contributed by atoms with Crippen molar-refractivity contribution in [1.82, 2.24) is 9.80 Å². The third-order valence-corrected chi connectivity index (χ3v) is 4.69. The van der Waals surface area contributed by atoms with Crippen molar-refractivity contribution < 1.29 is 4.74 Å². The highest BCUT2D eigenvalue weighted by Crippen LogP contribution is 2.34. The van der Waals surface area contributed by atoms with Crippen LogP contribution in [0.5, 0.6) is 0 Å². The van der Waals surface area contributed by atoms with E-state index in [2.05, 4.69) is 9.80 Å². The van der Waals surface area contributed by atoms with Gasteiger partial charge in [-0.15, -0.1) is 0 Å². The highest BCUT2D eigenvalue weighted by Gasteiger charge is 2.26. The van der Waals surface area contributed by atoms with Crippen LogP contribution < -0.4 is 11.5 Å². The molecule has 0 radical (unpaired) electrons. The van der Waals surface area contributed by atoms with Crippen LogP contribution in [0.3, 0.4) is 0 Å². The Morgan fingerprint density at radius 3 is 2.38 bits per heavy atom. The van der Waals surface area contributed by atoms with Crippen molar-refractivity contribution in [3.63, 3.8) is 0 Å². The van der Waals surface area contributed by atoms with Gasteiger partial charge in [0.2, 0.25) is 0 Å². The van der Waals surface area contributed by atoms with Crippen molar-refractivity contribution >= 4 is 11.4 Å². The second-order valence-electron chi connectivity index (χ2n) is 6.09. The summed E-state index contributed by atoms with van der Waals surface area (Å²) in [6.45, 7) is 8.36. The fourth-order valence-corrected chi connectivity index (χ4v) is 3.45. The standard InChI is InChI=1S/C16H26N4O/c17-14-2-1-3-15(18)16(14)13-4-5-20(12-13)7-6-19-8-10-21-11-9-19/h1-3,13H,4-12,17-18H2. The lowest BCUT2D eigenvalue weighted by Crippen LogP contribution is -2.41. The van der Waals surface area contributed by atoms with Crippen molar-refractivity contribution in [2.45, 2.75) is 12.3 Å². The normalized spacial score (nSPS) is 24.5. The molecule has 5 nitrogen and oxygen atoms in total. The van der Waals surface area contributed by atoms with Gasteiger partial charge in [0, 0.05) is 55.6 Å². The van der Waals surface area contributed by atoms with E-state index in [9.17, 15) is 0 Å². The van der Waals surface area contributed by atoms with E-state index in [0.29, 0.717) is 5.92 Å². The maximum Gasteiger partial charge on any atom is 0.0594 e. The number of nitrogens with two attached hydrogens (primary N) is 2. The first-order valence-corrected chi connectivity index (χ1v) is 7.90. The molecule has 2 aliphatic heterocycles. The van der Waals surface area contributed by atoms with Gasteiger partial charge >= 0.3 is 0 Å². The van der Waals surface area contributed by atoms with Crippen LogP contribution in [0.25, 0.3) is 0 Å². The number of ether oxygens (including phenoxy) is 1. The lowest BCUT2D eigenvalue weighted by Gasteiger charge is -2.28. The van der Waals surface area contributed by atoms with Gasteiger partial charge in [0.1, 0.15) is 0 Å². The van der Waals surface area contributed by atoms with E-state index in [4.69, 9.17) is 16.2 Å². The number of hydrogen-bond acceptors (Lipinski definition) is 5. The van der Waals surface area contributed by atoms with Crippen molar-refractivity contribution in [1.29, 1.82) is 0 Å². The van der Waals surface area contributed by atoms with Crippen molar-refractivity contribution in [3.05, 3.63) is 23.8 Å². The fraction of sp³-hybridized carbons (Fsp3) is 0.625. The van der Waals surface area contributed by atoms with Gasteiger partial charge < -0.3 is 21.1 Å². The summed E-state index contributed by atoms with van der Waals surface area (Å²) in [6, 6.07) is 5.85. The Labute approximate surface area is 126 Å². The highest BCUT2D eigenvalue weighted by molar-refractivity contribution is 5.63. The molecule has 2 saturated heterocycles. The Morgan fingerprint density at radius 2 is 1.67 bits per heavy atom. The molecule has 2 heterocycles. The van der Waals surface area contributed by atoms with Crippen LogP contribution in [0.1, 0.15) is 17.9 Å². The average Bonchev–Trinajstić information content (AvgIpc) is 2.95. The summed E-state index contributed by atoms with van der Waals surface area (Å²) in [4.78, 5) is 5.02. The zero-order valence-corrected chi connectivity index (χ0v) is 12.6. The van der Waals surface area contributed by atoms with Crippen LogP contribution in [0.4, 0.5) is 11.4 Å². The number of nitrogens with zero attached hydrogens (tertiary/aromatic N) is 2. The molecule has 2 fully saturated rings. The zero-order valence-electron chi connectivity index (χ0n) is 12.6. The number of benzene rings is 1. The molecule has 21 heavy (non-hydrogen) atoms. The van der Waals surface area contributed by atoms with Gasteiger partial charge in [0.05, 0.1) is 13.2 Å². The number of hydrogen-bond donors (Lipinski definition) is 2. The fourth-order valence-electron chi connectivity index (χ4n) is 3.45. The van der Waals surface area contributed by atoms with Crippen LogP contribution in [-0.4, -0.2) is 62.3 Å². The minimum Gasteiger partial charge on any atom is -0.398 e. The zero-order chi connectivity index (χ0) is 14.7. The Hall–Kier alpha value is -1.30. The van der Waals surface area contributed by atoms with Crippen LogP contribution in [0.2, 0.25) is 0 Å². The second kappa shape index (κ2) is 6.64. The maximum atomic E-state index is 6.12. The number of nitrogen functional groups attached to an aromatic ring is 2. The van der Waals surface area contributed by atoms with Crippen molar-refractivity contribution in [3.8, 4) is 0 Å². The van der Waals surface area contributed by atoms with Gasteiger partial charge in [0.15, 0.2) is 0 Å². The molecule has 0 saturated carbocycles. The summed E-state index contributed by atoms with van der Waals surface area (Å²) in [5, 5.41) is 0. The van der Waals surface area contributed by atoms with Crippen molar-refractivity contribution in [2.24, 2.45) is 0 Å². The van der Waals surface area contributed by atoms with Gasteiger partial charge in [-0.25, -0.2) is 0 Å². The minimum atomic E-state index is 0.482. The Balaban J connectivity index is 1.53. The molecule has 116 valence electrons. The molecule has 1 unspecified atom stereocenters. The van der Waals surface area contributed by atoms with Crippen LogP contribution in [-0.2, 0) is 4.74 Å². The molecular formula is C16H26N4O. The summed E-state index contributed by atoms with van der Waals surface area (Å²) >= 11 is 0. The van der Waals surface area contributed by atoms with Crippen LogP contribution in [0.15, 0.2) is 18.2 Å². The SMILES string of the molecule is Nc1cccc(N)c1C1CCN(CCN2CCOCC2)C1. The van der Waals surface area contributed by atoms with Gasteiger partial charge in [-0.2, -0.15) is 0 Å². The first kappa shape index (κ1) is 14.6. The molecule has 1 atom stereocenters. The topological polar surface area (TPSA) is 67.8 Å². The lowest BCUT2D eigenvalue weighted by molar-refractivity contribution is 0.0343. The molecular weight excluding hydrogens is 264 g/mol. The average molecular weight is 290 g/mol. The predicted molar refractivity (Wildman–Crippen MR) is 86.3 cm³/mol. The van der Waals surface area contributed by atoms with E-state index >= 15 is 0 Å². The highest BCUT2D eigenvalue weighted by atomic mass is 16.5. The Morgan fingerprint density at radius 1 is 1.00 bits per heavy atom. The van der Waals surface area contributed by atoms with E-state index in [1.807, 2.05) is 18.2 Å². The molecule has 0 aliphatic carbocycles. The molecule has 1 aromatic rings. The molecule has 0 bridgehead atoms. The quantitative estimate of drug-likeness (QED) is 0.809. The lowest BCUT2D eigenvalue weighted by atomic mass is 9.95. The van der Waals surface area contributed by atoms with Crippen LogP contribution in [0, 0.1) is 0 Å². The number of likely N-dealkylation sites (tertiary alicyclic amines) is 1. The van der Waals surface area contributed by atoms with Gasteiger partial charge in [-0.05, 0) is 25.1 Å². The summed E-state index contributed by atoms with van der Waals surface area (Å²) in [5.41, 5.74) is 15.1. The maximum absolute atomic E-state index is 6.12. The molecule has 0 spiro atoms. The smallest absolute Gasteiger partial charge is 0.0594 e. The monoisotopic (exact) mass is 290 g/mol. The Kier molecular flexibility index (Phi) is 4.63. The first-order chi connectivity index (χ1) is 10.2. The van der Waals surface area contributed by atoms with E-state index in [1.165, 1.54) is 0 Å². The van der Waals surface area contributed by atoms with E-state index in [-0.39, 0.29) is 0 Å². The van der Waals surface area contributed by atoms with Gasteiger partial charge in [-0.3, -0.25) is 4.90 Å². The number of rotatable bonds is 4. The molecule has 4 N–H and O–H groups in total. The van der Waals surface area contributed by atoms with Gasteiger partial charge in [0.25, 0.3) is 0 Å². The molecule has 5 heteroatoms. The molecule has 3 rings (SSSR count). The summed E-state index contributed by atoms with van der Waals surface area (Å²) in [5.74, 6) is 0.482. The Bertz CT molecular complexity index is 453. The molecule has 0 aromatic heterocycles. The minimum absolute atomic E-state index is 0.482. The number of morpholine rings is 1.